The number of benzene rings is 1. The molecule has 0 bridgehead atoms. The Bertz CT molecular complexity index is 520. The molecule has 3 rings (SSSR count). The maximum Gasteiger partial charge on any atom is 0.146 e. The molecule has 6 nitrogen and oxygen atoms in total. The molecule has 0 aliphatic carbocycles. The summed E-state index contributed by atoms with van der Waals surface area (Å²) in [4.78, 5) is 4.67. The van der Waals surface area contributed by atoms with Gasteiger partial charge in [-0.25, -0.2) is 0 Å². The number of rotatable bonds is 6. The second-order valence-electron chi connectivity index (χ2n) is 6.40. The fourth-order valence-electron chi connectivity index (χ4n) is 3.26. The van der Waals surface area contributed by atoms with Crippen molar-refractivity contribution in [1.29, 1.82) is 0 Å². The first-order valence-corrected chi connectivity index (χ1v) is 8.79. The molecule has 0 aromatic heterocycles. The van der Waals surface area contributed by atoms with Gasteiger partial charge in [-0.3, -0.25) is 4.90 Å². The minimum Gasteiger partial charge on any atom is -0.496 e. The summed E-state index contributed by atoms with van der Waals surface area (Å²) in [5, 5.41) is 0. The van der Waals surface area contributed by atoms with Crippen molar-refractivity contribution in [3.8, 4) is 11.5 Å². The lowest BCUT2D eigenvalue weighted by atomic mass is 10.1. The Labute approximate surface area is 144 Å². The minimum atomic E-state index is 0.224. The van der Waals surface area contributed by atoms with E-state index in [4.69, 9.17) is 19.9 Å². The van der Waals surface area contributed by atoms with Gasteiger partial charge in [0.15, 0.2) is 0 Å². The number of methoxy groups -OCH3 is 1. The van der Waals surface area contributed by atoms with E-state index in [1.165, 1.54) is 0 Å². The zero-order chi connectivity index (χ0) is 16.8. The molecule has 2 saturated heterocycles. The summed E-state index contributed by atoms with van der Waals surface area (Å²) >= 11 is 0. The van der Waals surface area contributed by atoms with Gasteiger partial charge in [-0.2, -0.15) is 0 Å². The molecule has 1 atom stereocenters. The van der Waals surface area contributed by atoms with Gasteiger partial charge >= 0.3 is 0 Å². The van der Waals surface area contributed by atoms with Gasteiger partial charge in [-0.1, -0.05) is 0 Å². The van der Waals surface area contributed by atoms with E-state index in [0.29, 0.717) is 12.4 Å². The third-order valence-electron chi connectivity index (χ3n) is 4.65. The molecule has 0 amide bonds. The van der Waals surface area contributed by atoms with Crippen LogP contribution in [0.25, 0.3) is 0 Å². The third kappa shape index (κ3) is 4.53. The fourth-order valence-corrected chi connectivity index (χ4v) is 3.26. The Morgan fingerprint density at radius 2 is 2.17 bits per heavy atom. The lowest BCUT2D eigenvalue weighted by Crippen LogP contribution is -2.43. The second kappa shape index (κ2) is 8.55. The number of morpholine rings is 1. The van der Waals surface area contributed by atoms with E-state index in [1.807, 2.05) is 12.1 Å². The average molecular weight is 334 g/mol. The van der Waals surface area contributed by atoms with Gasteiger partial charge in [0.25, 0.3) is 0 Å². The molecule has 2 N–H and O–H groups in total. The highest BCUT2D eigenvalue weighted by Gasteiger charge is 2.20. The van der Waals surface area contributed by atoms with Crippen LogP contribution in [-0.2, 0) is 4.74 Å². The van der Waals surface area contributed by atoms with Gasteiger partial charge in [0, 0.05) is 50.9 Å². The van der Waals surface area contributed by atoms with Crippen molar-refractivity contribution in [2.45, 2.75) is 18.9 Å². The average Bonchev–Trinajstić information content (AvgIpc) is 2.62. The first-order chi connectivity index (χ1) is 11.8. The van der Waals surface area contributed by atoms with E-state index in [1.54, 1.807) is 7.11 Å². The monoisotopic (exact) mass is 334 g/mol. The van der Waals surface area contributed by atoms with Crippen molar-refractivity contribution < 1.29 is 14.2 Å². The number of nitrogens with zero attached hydrogens (tertiary/aromatic N) is 2. The van der Waals surface area contributed by atoms with Crippen LogP contribution in [0.1, 0.15) is 12.8 Å². The van der Waals surface area contributed by atoms with E-state index < -0.39 is 0 Å². The van der Waals surface area contributed by atoms with Gasteiger partial charge in [-0.15, -0.1) is 0 Å². The second-order valence-corrected chi connectivity index (χ2v) is 6.40. The Kier molecular flexibility index (Phi) is 6.18. The summed E-state index contributed by atoms with van der Waals surface area (Å²) in [6.07, 6.45) is 2.20. The van der Waals surface area contributed by atoms with Crippen LogP contribution in [0.3, 0.4) is 0 Å². The van der Waals surface area contributed by atoms with Crippen molar-refractivity contribution in [3.63, 3.8) is 0 Å². The Morgan fingerprint density at radius 1 is 1.33 bits per heavy atom. The quantitative estimate of drug-likeness (QED) is 0.842. The molecule has 1 aromatic rings. The van der Waals surface area contributed by atoms with Gasteiger partial charge in [0.2, 0.25) is 0 Å². The molecule has 6 heteroatoms. The standard InChI is InChI=1S/C18H28N3O3/c1-22-16-4-5-17(21-6-2-3-15(19)14-21)18(13-16)24-12-9-20-7-10-23-11-8-20/h5,13,15H,2-3,6-12,14,19H2,1H3/t15-/m1/s1. The zero-order valence-electron chi connectivity index (χ0n) is 14.5. The molecule has 2 aliphatic rings. The van der Waals surface area contributed by atoms with Gasteiger partial charge in [0.05, 0.1) is 26.0 Å². The number of piperidine rings is 1. The highest BCUT2D eigenvalue weighted by Crippen LogP contribution is 2.33. The zero-order valence-corrected chi connectivity index (χ0v) is 14.5. The number of hydrogen-bond donors (Lipinski definition) is 1. The minimum absolute atomic E-state index is 0.224. The maximum atomic E-state index is 6.13. The summed E-state index contributed by atoms with van der Waals surface area (Å²) in [6, 6.07) is 7.28. The molecule has 2 aliphatic heterocycles. The molecule has 1 radical (unpaired) electrons. The van der Waals surface area contributed by atoms with Gasteiger partial charge < -0.3 is 24.8 Å². The summed E-state index contributed by atoms with van der Waals surface area (Å²) < 4.78 is 16.8. The van der Waals surface area contributed by atoms with Crippen LogP contribution >= 0.6 is 0 Å². The maximum absolute atomic E-state index is 6.13. The van der Waals surface area contributed by atoms with Crippen molar-refractivity contribution in [2.24, 2.45) is 5.73 Å². The van der Waals surface area contributed by atoms with Crippen LogP contribution in [0.4, 0.5) is 5.69 Å². The molecule has 0 spiro atoms. The topological polar surface area (TPSA) is 60.2 Å². The summed E-state index contributed by atoms with van der Waals surface area (Å²) in [5.41, 5.74) is 7.19. The van der Waals surface area contributed by atoms with E-state index in [0.717, 1.165) is 70.2 Å². The van der Waals surface area contributed by atoms with Gasteiger partial charge in [0.1, 0.15) is 18.1 Å². The van der Waals surface area contributed by atoms with E-state index >= 15 is 0 Å². The van der Waals surface area contributed by atoms with Crippen LogP contribution in [0.15, 0.2) is 12.1 Å². The molecular formula is C18H28N3O3. The highest BCUT2D eigenvalue weighted by atomic mass is 16.5. The van der Waals surface area contributed by atoms with Crippen LogP contribution in [0.5, 0.6) is 11.5 Å². The van der Waals surface area contributed by atoms with Crippen molar-refractivity contribution in [1.82, 2.24) is 4.90 Å². The predicted octanol–water partition coefficient (Wildman–Crippen LogP) is 1.13. The van der Waals surface area contributed by atoms with E-state index in [2.05, 4.69) is 15.9 Å². The SMILES string of the molecule is COc1[c]cc(N2CCC[C@@H](N)C2)c(OCCN2CCOCC2)c1. The highest BCUT2D eigenvalue weighted by molar-refractivity contribution is 5.61. The first kappa shape index (κ1) is 17.3. The Hall–Kier alpha value is -1.50. The molecule has 24 heavy (non-hydrogen) atoms. The fraction of sp³-hybridized carbons (Fsp3) is 0.667. The van der Waals surface area contributed by atoms with E-state index in [9.17, 15) is 0 Å². The Morgan fingerprint density at radius 3 is 2.92 bits per heavy atom. The summed E-state index contributed by atoms with van der Waals surface area (Å²) in [7, 11) is 1.65. The van der Waals surface area contributed by atoms with Gasteiger partial charge in [-0.05, 0) is 18.9 Å². The smallest absolute Gasteiger partial charge is 0.146 e. The van der Waals surface area contributed by atoms with Crippen LogP contribution in [0.2, 0.25) is 0 Å². The number of nitrogens with two attached hydrogens (primary N) is 1. The largest absolute Gasteiger partial charge is 0.496 e. The van der Waals surface area contributed by atoms with Crippen LogP contribution < -0.4 is 20.1 Å². The third-order valence-corrected chi connectivity index (χ3v) is 4.65. The number of ether oxygens (including phenoxy) is 3. The summed E-state index contributed by atoms with van der Waals surface area (Å²) in [6.45, 7) is 7.00. The molecular weight excluding hydrogens is 306 g/mol. The van der Waals surface area contributed by atoms with Crippen molar-refractivity contribution >= 4 is 5.69 Å². The van der Waals surface area contributed by atoms with Crippen LogP contribution in [-0.4, -0.2) is 70.6 Å². The van der Waals surface area contributed by atoms with Crippen molar-refractivity contribution in [3.05, 3.63) is 18.2 Å². The molecule has 0 saturated carbocycles. The molecule has 0 unspecified atom stereocenters. The molecule has 2 fully saturated rings. The first-order valence-electron chi connectivity index (χ1n) is 8.79. The number of anilines is 1. The molecule has 2 heterocycles. The lowest BCUT2D eigenvalue weighted by molar-refractivity contribution is 0.0322. The Balaban J connectivity index is 1.64. The van der Waals surface area contributed by atoms with E-state index in [-0.39, 0.29) is 6.04 Å². The molecule has 1 aromatic carbocycles. The lowest BCUT2D eigenvalue weighted by Gasteiger charge is -2.34. The summed E-state index contributed by atoms with van der Waals surface area (Å²) in [5.74, 6) is 1.55. The predicted molar refractivity (Wildman–Crippen MR) is 94.0 cm³/mol. The molecule has 133 valence electrons. The number of hydrogen-bond acceptors (Lipinski definition) is 6. The normalized spacial score (nSPS) is 22.4. The van der Waals surface area contributed by atoms with Crippen molar-refractivity contribution in [2.75, 3.05) is 64.6 Å². The van der Waals surface area contributed by atoms with Crippen LogP contribution in [0, 0.1) is 6.07 Å².